The number of rotatable bonds is 4. The van der Waals surface area contributed by atoms with Crippen molar-refractivity contribution in [2.75, 3.05) is 18.6 Å². The van der Waals surface area contributed by atoms with Crippen molar-refractivity contribution >= 4 is 33.2 Å². The molecule has 6 nitrogen and oxygen atoms in total. The first-order chi connectivity index (χ1) is 16.6. The minimum atomic E-state index is -1.38. The predicted octanol–water partition coefficient (Wildman–Crippen LogP) is 5.39. The number of halogens is 1. The van der Waals surface area contributed by atoms with Gasteiger partial charge in [0.15, 0.2) is 0 Å². The molecule has 1 amide bonds. The topological polar surface area (TPSA) is 54.4 Å². The Bertz CT molecular complexity index is 1350. The molecule has 34 heavy (non-hydrogen) atoms. The van der Waals surface area contributed by atoms with Crippen molar-refractivity contribution < 1.29 is 14.3 Å². The number of methoxy groups -OCH3 is 1. The van der Waals surface area contributed by atoms with E-state index < -0.39 is 5.72 Å². The van der Waals surface area contributed by atoms with E-state index in [2.05, 4.69) is 28.6 Å². The first kappa shape index (κ1) is 21.0. The van der Waals surface area contributed by atoms with Crippen LogP contribution in [0.2, 0.25) is 0 Å². The van der Waals surface area contributed by atoms with Crippen molar-refractivity contribution in [2.24, 2.45) is 5.10 Å². The number of hydrogen-bond donors (Lipinski definition) is 0. The third-order valence-electron chi connectivity index (χ3n) is 6.65. The zero-order valence-corrected chi connectivity index (χ0v) is 20.2. The van der Waals surface area contributed by atoms with E-state index in [0.717, 1.165) is 38.3 Å². The summed E-state index contributed by atoms with van der Waals surface area (Å²) in [5.41, 5.74) is 3.12. The van der Waals surface area contributed by atoms with E-state index in [4.69, 9.17) is 14.6 Å². The second-order valence-electron chi connectivity index (χ2n) is 8.49. The number of amides is 1. The van der Waals surface area contributed by atoms with Gasteiger partial charge in [-0.15, -0.1) is 6.58 Å². The second kappa shape index (κ2) is 7.74. The van der Waals surface area contributed by atoms with Crippen LogP contribution in [0.4, 0.5) is 5.69 Å². The molecule has 0 aliphatic carbocycles. The van der Waals surface area contributed by atoms with E-state index in [1.165, 1.54) is 0 Å². The van der Waals surface area contributed by atoms with Gasteiger partial charge >= 0.3 is 5.72 Å². The van der Waals surface area contributed by atoms with Crippen LogP contribution in [0, 0.1) is 0 Å². The average Bonchev–Trinajstić information content (AvgIpc) is 3.41. The Morgan fingerprint density at radius 3 is 2.76 bits per heavy atom. The molecule has 6 rings (SSSR count). The summed E-state index contributed by atoms with van der Waals surface area (Å²) in [5.74, 6) is 1.32. The van der Waals surface area contributed by atoms with Crippen LogP contribution in [0.25, 0.3) is 0 Å². The molecule has 0 unspecified atom stereocenters. The summed E-state index contributed by atoms with van der Waals surface area (Å²) in [6, 6.07) is 21.4. The molecule has 3 aromatic rings. The highest BCUT2D eigenvalue weighted by Crippen LogP contribution is 2.55. The molecular weight excluding hydrogens is 494 g/mol. The smallest absolute Gasteiger partial charge is 0.306 e. The zero-order valence-electron chi connectivity index (χ0n) is 18.6. The van der Waals surface area contributed by atoms with Gasteiger partial charge in [0, 0.05) is 23.0 Å². The summed E-state index contributed by atoms with van der Waals surface area (Å²) in [6.07, 6.45) is 2.38. The van der Waals surface area contributed by atoms with Crippen molar-refractivity contribution in [1.82, 2.24) is 5.01 Å². The van der Waals surface area contributed by atoms with E-state index in [0.29, 0.717) is 18.7 Å². The highest BCUT2D eigenvalue weighted by atomic mass is 79.9. The van der Waals surface area contributed by atoms with Gasteiger partial charge in [0.2, 0.25) is 0 Å². The Morgan fingerprint density at radius 1 is 1.21 bits per heavy atom. The molecule has 0 N–H and O–H groups in total. The first-order valence-corrected chi connectivity index (χ1v) is 11.9. The molecule has 0 saturated carbocycles. The lowest BCUT2D eigenvalue weighted by molar-refractivity contribution is -0.163. The van der Waals surface area contributed by atoms with E-state index in [1.54, 1.807) is 18.1 Å². The lowest BCUT2D eigenvalue weighted by atomic mass is 9.92. The molecule has 2 atom stereocenters. The van der Waals surface area contributed by atoms with Gasteiger partial charge in [-0.2, -0.15) is 5.10 Å². The Kier molecular flexibility index (Phi) is 4.78. The standard InChI is InChI=1S/C27H22BrN3O3/c1-3-14-30-23-7-5-4-6-21(23)27(26(30)32)31-24(20-15-18(28)10-13-25(20)34-27)16-22(29-31)17-8-11-19(33-2)12-9-17/h3-13,15,24H,1,14,16H2,2H3/t24-,27-/m0/s1. The second-order valence-corrected chi connectivity index (χ2v) is 9.41. The highest BCUT2D eigenvalue weighted by Gasteiger charge is 2.63. The SMILES string of the molecule is C=CCN1C(=O)[C@@]2(Oc3ccc(Br)cc3[C@@H]3CC(c4ccc(OC)cc4)=NN32)c2ccccc21. The maximum Gasteiger partial charge on any atom is 0.306 e. The molecule has 0 saturated heterocycles. The number of benzene rings is 3. The average molecular weight is 516 g/mol. The molecule has 170 valence electrons. The monoisotopic (exact) mass is 515 g/mol. The fraction of sp³-hybridized carbons (Fsp3) is 0.185. The molecular formula is C27H22BrN3O3. The molecule has 0 bridgehead atoms. The quantitative estimate of drug-likeness (QED) is 0.437. The molecule has 0 fully saturated rings. The summed E-state index contributed by atoms with van der Waals surface area (Å²) in [6.45, 7) is 4.24. The minimum Gasteiger partial charge on any atom is -0.497 e. The summed E-state index contributed by atoms with van der Waals surface area (Å²) in [4.78, 5) is 15.8. The Balaban J connectivity index is 1.55. The number of ether oxygens (including phenoxy) is 2. The molecule has 0 radical (unpaired) electrons. The fourth-order valence-electron chi connectivity index (χ4n) is 5.11. The molecule has 3 heterocycles. The Labute approximate surface area is 206 Å². The first-order valence-electron chi connectivity index (χ1n) is 11.1. The minimum absolute atomic E-state index is 0.154. The number of carbonyl (C=O) groups is 1. The van der Waals surface area contributed by atoms with Gasteiger partial charge in [-0.1, -0.05) is 40.2 Å². The van der Waals surface area contributed by atoms with Crippen LogP contribution in [0.3, 0.4) is 0 Å². The van der Waals surface area contributed by atoms with Gasteiger partial charge in [0.1, 0.15) is 11.5 Å². The van der Waals surface area contributed by atoms with Gasteiger partial charge in [-0.25, -0.2) is 5.01 Å². The molecule has 7 heteroatoms. The summed E-state index contributed by atoms with van der Waals surface area (Å²) in [7, 11) is 1.65. The number of anilines is 1. The van der Waals surface area contributed by atoms with Gasteiger partial charge in [-0.3, -0.25) is 4.79 Å². The number of hydrazone groups is 1. The predicted molar refractivity (Wildman–Crippen MR) is 134 cm³/mol. The van der Waals surface area contributed by atoms with Crippen molar-refractivity contribution in [2.45, 2.75) is 18.2 Å². The Hall–Kier alpha value is -3.58. The third kappa shape index (κ3) is 2.86. The van der Waals surface area contributed by atoms with Crippen molar-refractivity contribution in [3.8, 4) is 11.5 Å². The third-order valence-corrected chi connectivity index (χ3v) is 7.14. The summed E-state index contributed by atoms with van der Waals surface area (Å²) < 4.78 is 12.9. The number of carbonyl (C=O) groups excluding carboxylic acids is 1. The summed E-state index contributed by atoms with van der Waals surface area (Å²) in [5, 5.41) is 6.91. The van der Waals surface area contributed by atoms with E-state index in [-0.39, 0.29) is 11.9 Å². The van der Waals surface area contributed by atoms with Gasteiger partial charge in [0.25, 0.3) is 5.91 Å². The van der Waals surface area contributed by atoms with E-state index >= 15 is 0 Å². The van der Waals surface area contributed by atoms with Crippen LogP contribution in [-0.2, 0) is 10.5 Å². The molecule has 3 aromatic carbocycles. The Morgan fingerprint density at radius 2 is 2.00 bits per heavy atom. The van der Waals surface area contributed by atoms with Gasteiger partial charge in [-0.05, 0) is 54.1 Å². The largest absolute Gasteiger partial charge is 0.497 e. The van der Waals surface area contributed by atoms with Crippen LogP contribution >= 0.6 is 15.9 Å². The van der Waals surface area contributed by atoms with Gasteiger partial charge < -0.3 is 14.4 Å². The number of fused-ring (bicyclic) bond motifs is 6. The normalized spacial score (nSPS) is 22.1. The van der Waals surface area contributed by atoms with Crippen LogP contribution in [-0.4, -0.2) is 30.3 Å². The van der Waals surface area contributed by atoms with Crippen molar-refractivity contribution in [1.29, 1.82) is 0 Å². The van der Waals surface area contributed by atoms with Crippen LogP contribution in [0.1, 0.15) is 29.2 Å². The zero-order chi connectivity index (χ0) is 23.4. The van der Waals surface area contributed by atoms with Crippen molar-refractivity contribution in [3.05, 3.63) is 101 Å². The van der Waals surface area contributed by atoms with Crippen molar-refractivity contribution in [3.63, 3.8) is 0 Å². The fourth-order valence-corrected chi connectivity index (χ4v) is 5.49. The highest BCUT2D eigenvalue weighted by molar-refractivity contribution is 9.10. The van der Waals surface area contributed by atoms with Gasteiger partial charge in [0.05, 0.1) is 30.1 Å². The van der Waals surface area contributed by atoms with E-state index in [1.807, 2.05) is 65.7 Å². The molecule has 3 aliphatic rings. The maximum atomic E-state index is 14.1. The molecule has 1 spiro atoms. The molecule has 3 aliphatic heterocycles. The summed E-state index contributed by atoms with van der Waals surface area (Å²) >= 11 is 3.59. The lowest BCUT2D eigenvalue weighted by Crippen LogP contribution is -2.57. The van der Waals surface area contributed by atoms with Crippen LogP contribution in [0.15, 0.2) is 89.0 Å². The van der Waals surface area contributed by atoms with E-state index in [9.17, 15) is 4.79 Å². The number of hydrogen-bond acceptors (Lipinski definition) is 5. The molecule has 0 aromatic heterocycles. The lowest BCUT2D eigenvalue weighted by Gasteiger charge is -2.44. The van der Waals surface area contributed by atoms with Crippen LogP contribution in [0.5, 0.6) is 11.5 Å². The number of nitrogens with zero attached hydrogens (tertiary/aromatic N) is 3. The number of para-hydroxylation sites is 1. The maximum absolute atomic E-state index is 14.1. The van der Waals surface area contributed by atoms with Crippen LogP contribution < -0.4 is 14.4 Å².